The van der Waals surface area contributed by atoms with Crippen molar-refractivity contribution < 1.29 is 14.3 Å². The van der Waals surface area contributed by atoms with E-state index in [-0.39, 0.29) is 24.2 Å². The Bertz CT molecular complexity index is 1260. The van der Waals surface area contributed by atoms with Crippen LogP contribution < -0.4 is 9.64 Å². The van der Waals surface area contributed by atoms with Crippen LogP contribution in [0.2, 0.25) is 0 Å². The second-order valence-corrected chi connectivity index (χ2v) is 10.3. The van der Waals surface area contributed by atoms with Crippen molar-refractivity contribution in [1.29, 1.82) is 0 Å². The Hall–Kier alpha value is -2.97. The first kappa shape index (κ1) is 28.0. The molecule has 0 aliphatic carbocycles. The first-order valence-electron chi connectivity index (χ1n) is 12.9. The van der Waals surface area contributed by atoms with Crippen molar-refractivity contribution in [3.63, 3.8) is 0 Å². The van der Waals surface area contributed by atoms with Gasteiger partial charge >= 0.3 is 0 Å². The number of benzene rings is 3. The molecule has 0 atom stereocenters. The number of methoxy groups -OCH3 is 1. The molecule has 0 N–H and O–H groups in total. The lowest BCUT2D eigenvalue weighted by Gasteiger charge is -2.28. The smallest absolute Gasteiger partial charge is 0.229 e. The van der Waals surface area contributed by atoms with Crippen molar-refractivity contribution in [1.82, 2.24) is 9.88 Å². The van der Waals surface area contributed by atoms with E-state index in [9.17, 15) is 4.79 Å². The summed E-state index contributed by atoms with van der Waals surface area (Å²) in [5, 5.41) is 0.745. The molecule has 0 saturated carbocycles. The Morgan fingerprint density at radius 3 is 2.32 bits per heavy atom. The van der Waals surface area contributed by atoms with Gasteiger partial charge in [0.2, 0.25) is 5.91 Å². The van der Waals surface area contributed by atoms with Crippen LogP contribution in [0.1, 0.15) is 29.9 Å². The van der Waals surface area contributed by atoms with Crippen LogP contribution in [0.15, 0.2) is 78.9 Å². The van der Waals surface area contributed by atoms with Crippen molar-refractivity contribution in [2.45, 2.75) is 18.8 Å². The number of anilines is 1. The maximum absolute atomic E-state index is 14.0. The van der Waals surface area contributed by atoms with Crippen LogP contribution in [0.4, 0.5) is 5.13 Å². The zero-order valence-electron chi connectivity index (χ0n) is 21.6. The summed E-state index contributed by atoms with van der Waals surface area (Å²) in [5.41, 5.74) is 3.17. The quantitative estimate of drug-likeness (QED) is 0.242. The highest BCUT2D eigenvalue weighted by Crippen LogP contribution is 2.34. The molecule has 1 aliphatic rings. The Balaban J connectivity index is 0.00000336. The zero-order chi connectivity index (χ0) is 25.5. The van der Waals surface area contributed by atoms with Crippen molar-refractivity contribution in [2.75, 3.05) is 51.4 Å². The van der Waals surface area contributed by atoms with Gasteiger partial charge in [0.15, 0.2) is 5.13 Å². The number of ether oxygens (including phenoxy) is 2. The van der Waals surface area contributed by atoms with Crippen molar-refractivity contribution in [3.8, 4) is 5.75 Å². The molecular formula is C30H34ClN3O3S. The highest BCUT2D eigenvalue weighted by atomic mass is 35.5. The minimum absolute atomic E-state index is 0. The molecule has 8 heteroatoms. The average Bonchev–Trinajstić information content (AvgIpc) is 3.38. The van der Waals surface area contributed by atoms with Gasteiger partial charge in [-0.1, -0.05) is 72.0 Å². The fourth-order valence-electron chi connectivity index (χ4n) is 4.82. The van der Waals surface area contributed by atoms with Gasteiger partial charge in [0.1, 0.15) is 5.75 Å². The molecule has 0 bridgehead atoms. The number of hydrogen-bond acceptors (Lipinski definition) is 6. The summed E-state index contributed by atoms with van der Waals surface area (Å²) in [4.78, 5) is 23.2. The van der Waals surface area contributed by atoms with Gasteiger partial charge in [-0.3, -0.25) is 14.6 Å². The molecule has 6 nitrogen and oxygen atoms in total. The van der Waals surface area contributed by atoms with E-state index in [0.717, 1.165) is 71.5 Å². The second-order valence-electron chi connectivity index (χ2n) is 9.26. The number of fused-ring (bicyclic) bond motifs is 1. The van der Waals surface area contributed by atoms with E-state index >= 15 is 0 Å². The molecule has 0 unspecified atom stereocenters. The molecule has 2 heterocycles. The van der Waals surface area contributed by atoms with Gasteiger partial charge in [0.05, 0.1) is 30.5 Å². The van der Waals surface area contributed by atoms with Gasteiger partial charge in [0, 0.05) is 38.5 Å². The van der Waals surface area contributed by atoms with E-state index in [1.807, 2.05) is 59.5 Å². The van der Waals surface area contributed by atoms with E-state index < -0.39 is 0 Å². The standard InChI is InChI=1S/C30H33N3O3S.ClH/c1-35-25-13-14-27-28(21-25)37-30(31-27)33(16-8-15-32-17-19-36-20-18-32)29(34)22-26(23-9-4-2-5-10-23)24-11-6-3-7-12-24;/h2-7,9-14,21,26H,8,15-20,22H2,1H3;1H. The molecule has 1 saturated heterocycles. The molecule has 1 aromatic heterocycles. The van der Waals surface area contributed by atoms with Crippen LogP contribution >= 0.6 is 23.7 Å². The number of halogens is 1. The number of aromatic nitrogens is 1. The topological polar surface area (TPSA) is 54.9 Å². The van der Waals surface area contributed by atoms with Crippen LogP contribution in [-0.4, -0.2) is 62.3 Å². The third-order valence-electron chi connectivity index (χ3n) is 6.86. The summed E-state index contributed by atoms with van der Waals surface area (Å²) in [6, 6.07) is 26.5. The lowest BCUT2D eigenvalue weighted by molar-refractivity contribution is -0.118. The first-order chi connectivity index (χ1) is 18.2. The van der Waals surface area contributed by atoms with E-state index in [0.29, 0.717) is 13.0 Å². The summed E-state index contributed by atoms with van der Waals surface area (Å²) in [6.07, 6.45) is 1.26. The molecule has 200 valence electrons. The van der Waals surface area contributed by atoms with E-state index in [2.05, 4.69) is 29.2 Å². The Kier molecular flexibility index (Phi) is 10.1. The molecule has 38 heavy (non-hydrogen) atoms. The number of rotatable bonds is 10. The normalized spacial score (nSPS) is 13.8. The van der Waals surface area contributed by atoms with Gasteiger partial charge < -0.3 is 9.47 Å². The molecule has 3 aromatic carbocycles. The molecule has 4 aromatic rings. The number of carbonyl (C=O) groups excluding carboxylic acids is 1. The monoisotopic (exact) mass is 551 g/mol. The van der Waals surface area contributed by atoms with E-state index in [4.69, 9.17) is 14.5 Å². The highest BCUT2D eigenvalue weighted by Gasteiger charge is 2.25. The lowest BCUT2D eigenvalue weighted by Crippen LogP contribution is -2.39. The Labute approximate surface area is 234 Å². The maximum Gasteiger partial charge on any atom is 0.229 e. The second kappa shape index (κ2) is 13.7. The largest absolute Gasteiger partial charge is 0.497 e. The molecule has 1 amide bonds. The maximum atomic E-state index is 14.0. The van der Waals surface area contributed by atoms with Crippen LogP contribution in [0.5, 0.6) is 5.75 Å². The molecule has 5 rings (SSSR count). The van der Waals surface area contributed by atoms with Gasteiger partial charge in [-0.25, -0.2) is 4.98 Å². The molecular weight excluding hydrogens is 518 g/mol. The molecule has 1 fully saturated rings. The average molecular weight is 552 g/mol. The highest BCUT2D eigenvalue weighted by molar-refractivity contribution is 7.22. The third kappa shape index (κ3) is 6.91. The number of hydrogen-bond donors (Lipinski definition) is 0. The summed E-state index contributed by atoms with van der Waals surface area (Å²) >= 11 is 1.55. The lowest BCUT2D eigenvalue weighted by atomic mass is 9.88. The van der Waals surface area contributed by atoms with Crippen LogP contribution in [-0.2, 0) is 9.53 Å². The first-order valence-corrected chi connectivity index (χ1v) is 13.7. The minimum Gasteiger partial charge on any atom is -0.497 e. The van der Waals surface area contributed by atoms with Crippen molar-refractivity contribution in [2.24, 2.45) is 0 Å². The third-order valence-corrected chi connectivity index (χ3v) is 7.90. The van der Waals surface area contributed by atoms with Crippen LogP contribution in [0, 0.1) is 0 Å². The van der Waals surface area contributed by atoms with Crippen molar-refractivity contribution >= 4 is 45.0 Å². The SMILES string of the molecule is COc1ccc2nc(N(CCCN3CCOCC3)C(=O)CC(c3ccccc3)c3ccccc3)sc2c1.Cl. The van der Waals surface area contributed by atoms with Gasteiger partial charge in [0.25, 0.3) is 0 Å². The number of morpholine rings is 1. The summed E-state index contributed by atoms with van der Waals surface area (Å²) < 4.78 is 11.9. The number of amides is 1. The number of carbonyl (C=O) groups is 1. The predicted molar refractivity (Wildman–Crippen MR) is 157 cm³/mol. The molecule has 0 radical (unpaired) electrons. The fraction of sp³-hybridized carbons (Fsp3) is 0.333. The number of nitrogens with zero attached hydrogens (tertiary/aromatic N) is 3. The summed E-state index contributed by atoms with van der Waals surface area (Å²) in [5.74, 6) is 0.859. The number of thiazole rings is 1. The van der Waals surface area contributed by atoms with Crippen LogP contribution in [0.25, 0.3) is 10.2 Å². The van der Waals surface area contributed by atoms with Crippen molar-refractivity contribution in [3.05, 3.63) is 90.0 Å². The predicted octanol–water partition coefficient (Wildman–Crippen LogP) is 6.00. The van der Waals surface area contributed by atoms with Gasteiger partial charge in [-0.15, -0.1) is 12.4 Å². The summed E-state index contributed by atoms with van der Waals surface area (Å²) in [7, 11) is 1.66. The van der Waals surface area contributed by atoms with E-state index in [1.54, 1.807) is 18.4 Å². The minimum atomic E-state index is -0.0221. The Morgan fingerprint density at radius 1 is 1.03 bits per heavy atom. The van der Waals surface area contributed by atoms with Gasteiger partial charge in [-0.05, 0) is 35.7 Å². The molecule has 1 aliphatic heterocycles. The molecule has 0 spiro atoms. The van der Waals surface area contributed by atoms with Gasteiger partial charge in [-0.2, -0.15) is 0 Å². The van der Waals surface area contributed by atoms with E-state index in [1.165, 1.54) is 0 Å². The summed E-state index contributed by atoms with van der Waals surface area (Å²) in [6.45, 7) is 5.00. The van der Waals surface area contributed by atoms with Crippen LogP contribution in [0.3, 0.4) is 0 Å². The Morgan fingerprint density at radius 2 is 1.68 bits per heavy atom. The zero-order valence-corrected chi connectivity index (χ0v) is 23.3. The fourth-order valence-corrected chi connectivity index (χ4v) is 5.86.